The molecular weight excluding hydrogens is 314 g/mol. The molecule has 5 N–H and O–H groups in total. The normalized spacial score (nSPS) is 13.9. The minimum absolute atomic E-state index is 0.0247. The van der Waals surface area contributed by atoms with Gasteiger partial charge in [-0.2, -0.15) is 0 Å². The van der Waals surface area contributed by atoms with Gasteiger partial charge in [0.05, 0.1) is 18.5 Å². The first-order valence-corrected chi connectivity index (χ1v) is 7.58. The number of carbonyl (C=O) groups is 3. The zero-order valence-electron chi connectivity index (χ0n) is 14.1. The zero-order valence-corrected chi connectivity index (χ0v) is 14.1. The Hall–Kier alpha value is -2.19. The molecule has 8 heteroatoms. The van der Waals surface area contributed by atoms with Crippen LogP contribution >= 0.6 is 0 Å². The maximum Gasteiger partial charge on any atom is 0.307 e. The van der Waals surface area contributed by atoms with Crippen LogP contribution in [0.1, 0.15) is 32.6 Å². The van der Waals surface area contributed by atoms with Gasteiger partial charge in [-0.25, -0.2) is 0 Å². The molecule has 0 aromatic carbocycles. The summed E-state index contributed by atoms with van der Waals surface area (Å²) in [4.78, 5) is 36.5. The van der Waals surface area contributed by atoms with Crippen LogP contribution in [0.4, 0.5) is 0 Å². The molecule has 2 unspecified atom stereocenters. The van der Waals surface area contributed by atoms with Gasteiger partial charge in [-0.3, -0.25) is 14.4 Å². The summed E-state index contributed by atoms with van der Waals surface area (Å²) < 4.78 is 0. The molecule has 0 aliphatic rings. The lowest BCUT2D eigenvalue weighted by Gasteiger charge is -2.28. The number of carboxylic acid groups (broad SMARTS) is 1. The van der Waals surface area contributed by atoms with Crippen molar-refractivity contribution in [2.75, 3.05) is 13.6 Å². The summed E-state index contributed by atoms with van der Waals surface area (Å²) in [6, 6.07) is -1.54. The van der Waals surface area contributed by atoms with E-state index < -0.39 is 18.1 Å². The van der Waals surface area contributed by atoms with Crippen molar-refractivity contribution in [2.24, 2.45) is 5.73 Å². The van der Waals surface area contributed by atoms with Crippen molar-refractivity contribution in [1.82, 2.24) is 4.90 Å². The van der Waals surface area contributed by atoms with Crippen LogP contribution in [0.2, 0.25) is 0 Å². The minimum Gasteiger partial charge on any atom is -0.677 e. The third kappa shape index (κ3) is 7.38. The predicted molar refractivity (Wildman–Crippen MR) is 90.4 cm³/mol. The average Bonchev–Trinajstić information content (AvgIpc) is 2.53. The van der Waals surface area contributed by atoms with Crippen molar-refractivity contribution in [2.45, 2.75) is 44.7 Å². The highest BCUT2D eigenvalue weighted by molar-refractivity contribution is 6.01. The molecule has 136 valence electrons. The van der Waals surface area contributed by atoms with Crippen LogP contribution in [0.15, 0.2) is 24.0 Å². The number of carboxylic acids is 1. The number of Topliss-reactive ketones (excluding diaryl/α,β-unsaturated/α-hetero) is 1. The van der Waals surface area contributed by atoms with Gasteiger partial charge in [0.2, 0.25) is 5.91 Å². The van der Waals surface area contributed by atoms with Gasteiger partial charge in [0.15, 0.2) is 5.78 Å². The maximum absolute atomic E-state index is 12.4. The van der Waals surface area contributed by atoms with Gasteiger partial charge in [0.25, 0.3) is 0 Å². The second-order valence-corrected chi connectivity index (χ2v) is 5.54. The van der Waals surface area contributed by atoms with E-state index in [1.807, 2.05) is 0 Å². The quantitative estimate of drug-likeness (QED) is 0.383. The molecule has 0 aliphatic heterocycles. The molecule has 0 aromatic heterocycles. The SMILES string of the molecule is C=C(O)C(N)CCC(=O)N(C)C(CC[NH-])C(=O)/C(C)=C/CC(=O)O. The lowest BCUT2D eigenvalue weighted by atomic mass is 9.99. The summed E-state index contributed by atoms with van der Waals surface area (Å²) in [6.07, 6.45) is 1.38. The van der Waals surface area contributed by atoms with Crippen molar-refractivity contribution < 1.29 is 24.6 Å². The Morgan fingerprint density at radius 3 is 2.33 bits per heavy atom. The van der Waals surface area contributed by atoms with E-state index in [1.54, 1.807) is 0 Å². The summed E-state index contributed by atoms with van der Waals surface area (Å²) in [5, 5.41) is 17.8. The Labute approximate surface area is 141 Å². The Bertz CT molecular complexity index is 516. The molecule has 0 heterocycles. The fourth-order valence-electron chi connectivity index (χ4n) is 2.04. The molecule has 0 fully saturated rings. The van der Waals surface area contributed by atoms with E-state index in [1.165, 1.54) is 24.9 Å². The molecule has 24 heavy (non-hydrogen) atoms. The van der Waals surface area contributed by atoms with Crippen LogP contribution in [0.25, 0.3) is 5.73 Å². The minimum atomic E-state index is -1.05. The highest BCUT2D eigenvalue weighted by Crippen LogP contribution is 2.13. The second kappa shape index (κ2) is 10.6. The number of hydrogen-bond donors (Lipinski definition) is 3. The van der Waals surface area contributed by atoms with Gasteiger partial charge >= 0.3 is 5.97 Å². The van der Waals surface area contributed by atoms with Gasteiger partial charge < -0.3 is 26.6 Å². The van der Waals surface area contributed by atoms with Crippen LogP contribution in [-0.2, 0) is 14.4 Å². The third-order valence-electron chi connectivity index (χ3n) is 3.65. The Morgan fingerprint density at radius 1 is 1.29 bits per heavy atom. The van der Waals surface area contributed by atoms with Gasteiger partial charge in [-0.1, -0.05) is 12.7 Å². The van der Waals surface area contributed by atoms with Gasteiger partial charge in [-0.15, -0.1) is 6.54 Å². The number of carbonyl (C=O) groups excluding carboxylic acids is 2. The molecule has 0 radical (unpaired) electrons. The van der Waals surface area contributed by atoms with Crippen molar-refractivity contribution in [3.8, 4) is 0 Å². The van der Waals surface area contributed by atoms with Crippen molar-refractivity contribution in [1.29, 1.82) is 0 Å². The van der Waals surface area contributed by atoms with Crippen molar-refractivity contribution >= 4 is 17.7 Å². The monoisotopic (exact) mass is 340 g/mol. The van der Waals surface area contributed by atoms with Crippen LogP contribution in [0, 0.1) is 0 Å². The van der Waals surface area contributed by atoms with E-state index in [2.05, 4.69) is 6.58 Å². The Balaban J connectivity index is 4.98. The molecule has 0 bridgehead atoms. The molecule has 8 nitrogen and oxygen atoms in total. The molecular formula is C16H26N3O5-. The fraction of sp³-hybridized carbons (Fsp3) is 0.562. The van der Waals surface area contributed by atoms with Crippen LogP contribution in [0.3, 0.4) is 0 Å². The number of likely N-dealkylation sites (N-methyl/N-ethyl adjacent to an activating group) is 1. The molecule has 0 saturated carbocycles. The Morgan fingerprint density at radius 2 is 1.88 bits per heavy atom. The molecule has 0 aromatic rings. The number of rotatable bonds is 11. The van der Waals surface area contributed by atoms with Crippen LogP contribution < -0.4 is 5.73 Å². The van der Waals surface area contributed by atoms with Crippen molar-refractivity contribution in [3.05, 3.63) is 29.7 Å². The molecule has 0 spiro atoms. The van der Waals surface area contributed by atoms with E-state index in [0.717, 1.165) is 0 Å². The smallest absolute Gasteiger partial charge is 0.307 e. The van der Waals surface area contributed by atoms with Crippen LogP contribution in [0.5, 0.6) is 0 Å². The van der Waals surface area contributed by atoms with Gasteiger partial charge in [0.1, 0.15) is 5.76 Å². The standard InChI is InChI=1S/C16H26N3O5/c1-10(4-7-15(22)23)16(24)13(8-9-17)19(3)14(21)6-5-12(18)11(2)20/h4,12-13,17,20H,2,5-9,18H2,1,3H3,(H,22,23)/q-1/b10-4+. The number of nitrogens with two attached hydrogens (primary N) is 1. The summed E-state index contributed by atoms with van der Waals surface area (Å²) in [5.41, 5.74) is 13.2. The number of nitrogens with one attached hydrogen (secondary N) is 1. The summed E-state index contributed by atoms with van der Waals surface area (Å²) in [7, 11) is 1.46. The molecule has 0 saturated heterocycles. The van der Waals surface area contributed by atoms with Crippen molar-refractivity contribution in [3.63, 3.8) is 0 Å². The van der Waals surface area contributed by atoms with E-state index in [4.69, 9.17) is 21.7 Å². The van der Waals surface area contributed by atoms with Crippen LogP contribution in [-0.4, -0.2) is 58.4 Å². The number of hydrogen-bond acceptors (Lipinski definition) is 5. The lowest BCUT2D eigenvalue weighted by molar-refractivity contribution is -0.137. The highest BCUT2D eigenvalue weighted by Gasteiger charge is 2.26. The van der Waals surface area contributed by atoms with E-state index >= 15 is 0 Å². The fourth-order valence-corrected chi connectivity index (χ4v) is 2.04. The van der Waals surface area contributed by atoms with Gasteiger partial charge in [0, 0.05) is 13.5 Å². The third-order valence-corrected chi connectivity index (χ3v) is 3.65. The van der Waals surface area contributed by atoms with E-state index in [0.29, 0.717) is 0 Å². The number of nitrogens with zero attached hydrogens (tertiary/aromatic N) is 1. The number of aliphatic carboxylic acids is 1. The topological polar surface area (TPSA) is 145 Å². The van der Waals surface area contributed by atoms with E-state index in [-0.39, 0.29) is 55.3 Å². The average molecular weight is 340 g/mol. The Kier molecular flexibility index (Phi) is 9.60. The lowest BCUT2D eigenvalue weighted by Crippen LogP contribution is -2.43. The number of ketones is 1. The zero-order chi connectivity index (χ0) is 18.9. The first kappa shape index (κ1) is 21.8. The summed E-state index contributed by atoms with van der Waals surface area (Å²) in [5.74, 6) is -1.99. The molecule has 2 atom stereocenters. The second-order valence-electron chi connectivity index (χ2n) is 5.54. The maximum atomic E-state index is 12.4. The van der Waals surface area contributed by atoms with E-state index in [9.17, 15) is 14.4 Å². The summed E-state index contributed by atoms with van der Waals surface area (Å²) >= 11 is 0. The molecule has 0 rings (SSSR count). The highest BCUT2D eigenvalue weighted by atomic mass is 16.4. The number of amides is 1. The first-order valence-electron chi connectivity index (χ1n) is 7.58. The first-order chi connectivity index (χ1) is 11.1. The predicted octanol–water partition coefficient (Wildman–Crippen LogP) is 1.43. The molecule has 0 aliphatic carbocycles. The van der Waals surface area contributed by atoms with Gasteiger partial charge in [-0.05, 0) is 25.3 Å². The number of aliphatic hydroxyl groups is 1. The largest absolute Gasteiger partial charge is 0.677 e. The summed E-state index contributed by atoms with van der Waals surface area (Å²) in [6.45, 7) is 4.74. The molecule has 1 amide bonds. The number of aliphatic hydroxyl groups excluding tert-OH is 1.